The smallest absolute Gasteiger partial charge is 0.282 e. The summed E-state index contributed by atoms with van der Waals surface area (Å²) in [4.78, 5) is 21.9. The molecule has 2 N–H and O–H groups in total. The molecule has 228 valence electrons. The number of sulfonamides is 1. The number of amides is 1. The van der Waals surface area contributed by atoms with E-state index >= 15 is 4.39 Å². The van der Waals surface area contributed by atoms with Crippen molar-refractivity contribution in [1.29, 1.82) is 0 Å². The monoisotopic (exact) mass is 606 g/mol. The van der Waals surface area contributed by atoms with Crippen LogP contribution in [-0.2, 0) is 25.0 Å². The van der Waals surface area contributed by atoms with Crippen molar-refractivity contribution < 1.29 is 39.9 Å². The number of aromatic amines is 1. The predicted molar refractivity (Wildman–Crippen MR) is 141 cm³/mol. The van der Waals surface area contributed by atoms with Crippen LogP contribution >= 0.6 is 0 Å². The number of likely N-dealkylation sites (tertiary alicyclic amines) is 1. The number of rotatable bonds is 8. The van der Waals surface area contributed by atoms with E-state index in [0.29, 0.717) is 0 Å². The zero-order valence-corrected chi connectivity index (χ0v) is 23.8. The van der Waals surface area contributed by atoms with Gasteiger partial charge in [0.1, 0.15) is 11.3 Å². The second-order valence-corrected chi connectivity index (χ2v) is 13.9. The van der Waals surface area contributed by atoms with Gasteiger partial charge in [-0.2, -0.15) is 0 Å². The van der Waals surface area contributed by atoms with Crippen molar-refractivity contribution in [2.75, 3.05) is 32.1 Å². The van der Waals surface area contributed by atoms with E-state index < -0.39 is 76.9 Å². The summed E-state index contributed by atoms with van der Waals surface area (Å²) in [6.45, 7) is 2.30. The summed E-state index contributed by atoms with van der Waals surface area (Å²) in [7, 11) is -3.83. The van der Waals surface area contributed by atoms with Crippen LogP contribution in [0.25, 0.3) is 11.0 Å². The van der Waals surface area contributed by atoms with Gasteiger partial charge in [0.25, 0.3) is 5.92 Å². The summed E-state index contributed by atoms with van der Waals surface area (Å²) in [5.74, 6) is -8.02. The summed E-state index contributed by atoms with van der Waals surface area (Å²) in [6, 6.07) is 1.96. The number of benzene rings is 1. The van der Waals surface area contributed by atoms with Crippen LogP contribution in [0.15, 0.2) is 12.1 Å². The topological polar surface area (TPSA) is 104 Å². The van der Waals surface area contributed by atoms with Gasteiger partial charge in [-0.15, -0.1) is 0 Å². The minimum atomic E-state index is -3.83. The summed E-state index contributed by atoms with van der Waals surface area (Å²) in [5.41, 5.74) is -1.31. The summed E-state index contributed by atoms with van der Waals surface area (Å²) >= 11 is 0. The van der Waals surface area contributed by atoms with E-state index in [2.05, 4.69) is 14.7 Å². The third-order valence-electron chi connectivity index (χ3n) is 8.40. The number of alkyl halides is 4. The molecule has 2 saturated heterocycles. The molecular formula is C27H35F5N4O4S. The number of nitrogens with zero attached hydrogens (tertiary/aromatic N) is 2. The molecule has 14 heteroatoms. The molecule has 2 aromatic rings. The second kappa shape index (κ2) is 10.7. The number of carbonyl (C=O) groups is 1. The van der Waals surface area contributed by atoms with Crippen molar-refractivity contribution in [2.24, 2.45) is 11.8 Å². The van der Waals surface area contributed by atoms with Crippen molar-refractivity contribution in [3.63, 3.8) is 0 Å². The van der Waals surface area contributed by atoms with Gasteiger partial charge in [-0.3, -0.25) is 4.79 Å². The maximum Gasteiger partial charge on any atom is 0.282 e. The van der Waals surface area contributed by atoms with Gasteiger partial charge in [0, 0.05) is 31.6 Å². The Morgan fingerprint density at radius 2 is 1.73 bits per heavy atom. The SMILES string of the molecule is CC(C)CS(=O)(=O)N[C@H](c1nc2c(F)c(C3(C(=O)N4CC(F)(F)C4)CCOCC3)ccc2[nH]1)C1CCC(F)(F)CC1. The number of carbonyl (C=O) groups excluding carboxylic acids is 1. The van der Waals surface area contributed by atoms with Gasteiger partial charge in [-0.25, -0.2) is 40.1 Å². The maximum absolute atomic E-state index is 16.2. The van der Waals surface area contributed by atoms with Crippen LogP contribution in [0.2, 0.25) is 0 Å². The van der Waals surface area contributed by atoms with Crippen LogP contribution in [0.5, 0.6) is 0 Å². The van der Waals surface area contributed by atoms with Gasteiger partial charge >= 0.3 is 0 Å². The first kappa shape index (κ1) is 30.1. The Morgan fingerprint density at radius 1 is 1.10 bits per heavy atom. The average molecular weight is 607 g/mol. The number of aromatic nitrogens is 2. The van der Waals surface area contributed by atoms with Gasteiger partial charge < -0.3 is 14.6 Å². The third kappa shape index (κ3) is 6.10. The van der Waals surface area contributed by atoms with Crippen LogP contribution in [-0.4, -0.2) is 73.1 Å². The fourth-order valence-corrected chi connectivity index (χ4v) is 7.97. The number of H-pyrrole nitrogens is 1. The molecule has 5 rings (SSSR count). The van der Waals surface area contributed by atoms with Gasteiger partial charge in [0.05, 0.1) is 35.8 Å². The summed E-state index contributed by atoms with van der Waals surface area (Å²) in [6.07, 6.45) is -0.513. The number of nitrogens with one attached hydrogen (secondary N) is 2. The molecule has 0 bridgehead atoms. The normalized spacial score (nSPS) is 23.5. The number of ether oxygens (including phenoxy) is 1. The molecule has 1 aliphatic carbocycles. The highest BCUT2D eigenvalue weighted by Crippen LogP contribution is 2.44. The van der Waals surface area contributed by atoms with Gasteiger partial charge in [-0.1, -0.05) is 19.9 Å². The fourth-order valence-electron chi connectivity index (χ4n) is 6.31. The van der Waals surface area contributed by atoms with Crippen molar-refractivity contribution in [3.05, 3.63) is 29.3 Å². The highest BCUT2D eigenvalue weighted by atomic mass is 32.2. The first-order valence-corrected chi connectivity index (χ1v) is 15.6. The molecular weight excluding hydrogens is 571 g/mol. The maximum atomic E-state index is 16.2. The number of hydrogen-bond acceptors (Lipinski definition) is 5. The molecule has 1 amide bonds. The van der Waals surface area contributed by atoms with E-state index in [1.807, 2.05) is 0 Å². The molecule has 3 heterocycles. The molecule has 1 saturated carbocycles. The van der Waals surface area contributed by atoms with E-state index in [4.69, 9.17) is 4.74 Å². The van der Waals surface area contributed by atoms with Crippen LogP contribution in [0.3, 0.4) is 0 Å². The molecule has 8 nitrogen and oxygen atoms in total. The highest BCUT2D eigenvalue weighted by molar-refractivity contribution is 7.89. The minimum absolute atomic E-state index is 0.0146. The number of imidazole rings is 1. The van der Waals surface area contributed by atoms with Crippen molar-refractivity contribution in [1.82, 2.24) is 19.6 Å². The molecule has 1 aromatic carbocycles. The largest absolute Gasteiger partial charge is 0.381 e. The average Bonchev–Trinajstić information content (AvgIpc) is 3.31. The molecule has 41 heavy (non-hydrogen) atoms. The molecule has 3 fully saturated rings. The zero-order chi connectivity index (χ0) is 29.8. The van der Waals surface area contributed by atoms with Crippen LogP contribution in [0.1, 0.15) is 69.8 Å². The van der Waals surface area contributed by atoms with Crippen molar-refractivity contribution in [3.8, 4) is 0 Å². The zero-order valence-electron chi connectivity index (χ0n) is 23.0. The van der Waals surface area contributed by atoms with E-state index in [1.165, 1.54) is 12.1 Å². The first-order chi connectivity index (χ1) is 19.1. The molecule has 0 radical (unpaired) electrons. The number of halogens is 5. The standard InChI is InChI=1S/C27H35F5N4O4S/c1-16(2)13-41(38,39)35-21(17-5-7-26(29,30)8-6-17)23-33-19-4-3-18(20(28)22(19)34-23)25(9-11-40-12-10-25)24(37)36-14-27(31,32)15-36/h3-4,16-17,21,35H,5-15H2,1-2H3,(H,33,34)/t21-/m0/s1. The Bertz CT molecular complexity index is 1390. The summed E-state index contributed by atoms with van der Waals surface area (Å²) in [5, 5.41) is 0. The molecule has 3 aliphatic rings. The molecule has 1 aromatic heterocycles. The second-order valence-electron chi connectivity index (χ2n) is 12.1. The lowest BCUT2D eigenvalue weighted by atomic mass is 9.72. The molecule has 0 unspecified atom stereocenters. The van der Waals surface area contributed by atoms with Crippen LogP contribution in [0.4, 0.5) is 22.0 Å². The van der Waals surface area contributed by atoms with Gasteiger partial charge in [-0.05, 0) is 43.6 Å². The number of hydrogen-bond donors (Lipinski definition) is 2. The fraction of sp³-hybridized carbons (Fsp3) is 0.704. The molecule has 2 aliphatic heterocycles. The Kier molecular flexibility index (Phi) is 7.90. The quantitative estimate of drug-likeness (QED) is 0.425. The van der Waals surface area contributed by atoms with Gasteiger partial charge in [0.15, 0.2) is 5.82 Å². The lowest BCUT2D eigenvalue weighted by Crippen LogP contribution is -2.63. The van der Waals surface area contributed by atoms with E-state index in [1.54, 1.807) is 13.8 Å². The lowest BCUT2D eigenvalue weighted by Gasteiger charge is -2.46. The van der Waals surface area contributed by atoms with E-state index in [-0.39, 0.29) is 73.0 Å². The summed E-state index contributed by atoms with van der Waals surface area (Å²) < 4.78 is 105. The predicted octanol–water partition coefficient (Wildman–Crippen LogP) is 4.67. The Hall–Kier alpha value is -2.32. The Balaban J connectivity index is 1.52. The lowest BCUT2D eigenvalue weighted by molar-refractivity contribution is -0.174. The van der Waals surface area contributed by atoms with E-state index in [9.17, 15) is 30.8 Å². The van der Waals surface area contributed by atoms with Gasteiger partial charge in [0.2, 0.25) is 21.9 Å². The first-order valence-electron chi connectivity index (χ1n) is 13.9. The minimum Gasteiger partial charge on any atom is -0.381 e. The van der Waals surface area contributed by atoms with Crippen LogP contribution in [0, 0.1) is 17.7 Å². The highest BCUT2D eigenvalue weighted by Gasteiger charge is 2.54. The van der Waals surface area contributed by atoms with E-state index in [0.717, 1.165) is 4.90 Å². The molecule has 1 atom stereocenters. The van der Waals surface area contributed by atoms with Crippen molar-refractivity contribution >= 4 is 27.0 Å². The third-order valence-corrected chi connectivity index (χ3v) is 10.1. The molecule has 0 spiro atoms. The van der Waals surface area contributed by atoms with Crippen LogP contribution < -0.4 is 4.72 Å². The Morgan fingerprint density at radius 3 is 2.32 bits per heavy atom. The van der Waals surface area contributed by atoms with Crippen molar-refractivity contribution in [2.45, 2.75) is 75.7 Å². The Labute approximate surface area is 235 Å². The number of fused-ring (bicyclic) bond motifs is 1.